The molecule has 0 atom stereocenters. The Labute approximate surface area is 181 Å². The fourth-order valence-electron chi connectivity index (χ4n) is 2.75. The molecule has 0 fully saturated rings. The van der Waals surface area contributed by atoms with E-state index in [1.165, 1.54) is 23.7 Å². The van der Waals surface area contributed by atoms with Gasteiger partial charge < -0.3 is 5.32 Å². The monoisotopic (exact) mass is 440 g/mol. The second-order valence-electron chi connectivity index (χ2n) is 6.48. The summed E-state index contributed by atoms with van der Waals surface area (Å²) in [6, 6.07) is 11.1. The number of amides is 1. The van der Waals surface area contributed by atoms with Crippen molar-refractivity contribution in [3.05, 3.63) is 65.2 Å². The van der Waals surface area contributed by atoms with Crippen molar-refractivity contribution < 1.29 is 4.79 Å². The molecule has 2 aromatic heterocycles. The van der Waals surface area contributed by atoms with Gasteiger partial charge >= 0.3 is 0 Å². The van der Waals surface area contributed by atoms with E-state index in [1.54, 1.807) is 33.9 Å². The summed E-state index contributed by atoms with van der Waals surface area (Å²) in [5.41, 5.74) is 4.36. The highest BCUT2D eigenvalue weighted by atomic mass is 35.5. The molecule has 2 aromatic carbocycles. The Kier molecular flexibility index (Phi) is 5.77. The van der Waals surface area contributed by atoms with Crippen LogP contribution in [0.4, 0.5) is 5.69 Å². The number of thioether (sulfide) groups is 1. The molecule has 30 heavy (non-hydrogen) atoms. The van der Waals surface area contributed by atoms with E-state index in [1.807, 2.05) is 32.0 Å². The molecule has 0 radical (unpaired) electrons. The van der Waals surface area contributed by atoms with Gasteiger partial charge in [-0.2, -0.15) is 9.78 Å². The SMILES string of the molecule is Cc1ccc(-n2nnnc2SCC(=O)Nc2cc(Cl)ccc2-n2cncn2)cc1C. The van der Waals surface area contributed by atoms with Crippen LogP contribution in [0.25, 0.3) is 11.4 Å². The summed E-state index contributed by atoms with van der Waals surface area (Å²) in [6.45, 7) is 4.07. The quantitative estimate of drug-likeness (QED) is 0.459. The van der Waals surface area contributed by atoms with E-state index < -0.39 is 0 Å². The number of carbonyl (C=O) groups is 1. The molecule has 1 amide bonds. The first-order valence-electron chi connectivity index (χ1n) is 8.94. The maximum Gasteiger partial charge on any atom is 0.234 e. The first kappa shape index (κ1) is 20.0. The summed E-state index contributed by atoms with van der Waals surface area (Å²) < 4.78 is 3.17. The van der Waals surface area contributed by atoms with E-state index in [0.717, 1.165) is 11.3 Å². The van der Waals surface area contributed by atoms with Crippen LogP contribution in [-0.4, -0.2) is 46.6 Å². The van der Waals surface area contributed by atoms with Crippen LogP contribution in [0.15, 0.2) is 54.2 Å². The smallest absolute Gasteiger partial charge is 0.234 e. The van der Waals surface area contributed by atoms with Crippen LogP contribution in [0.2, 0.25) is 5.02 Å². The highest BCUT2D eigenvalue weighted by molar-refractivity contribution is 7.99. The predicted molar refractivity (Wildman–Crippen MR) is 114 cm³/mol. The standard InChI is InChI=1S/C19H17ClN8OS/c1-12-3-5-15(7-13(12)2)28-19(24-25-26-28)30-9-18(29)23-16-8-14(20)4-6-17(16)27-11-21-10-22-27/h3-8,10-11H,9H2,1-2H3,(H,23,29). The Morgan fingerprint density at radius 1 is 1.17 bits per heavy atom. The van der Waals surface area contributed by atoms with Crippen molar-refractivity contribution in [1.82, 2.24) is 35.0 Å². The van der Waals surface area contributed by atoms with E-state index in [4.69, 9.17) is 11.6 Å². The minimum Gasteiger partial charge on any atom is -0.323 e. The highest BCUT2D eigenvalue weighted by Crippen LogP contribution is 2.25. The molecule has 1 N–H and O–H groups in total. The Balaban J connectivity index is 1.48. The molecule has 0 spiro atoms. The molecule has 4 rings (SSSR count). The first-order chi connectivity index (χ1) is 14.5. The largest absolute Gasteiger partial charge is 0.323 e. The van der Waals surface area contributed by atoms with E-state index in [2.05, 4.69) is 30.9 Å². The Morgan fingerprint density at radius 3 is 2.80 bits per heavy atom. The first-order valence-corrected chi connectivity index (χ1v) is 10.3. The molecule has 0 aliphatic heterocycles. The van der Waals surface area contributed by atoms with Crippen LogP contribution in [0.5, 0.6) is 0 Å². The predicted octanol–water partition coefficient (Wildman–Crippen LogP) is 3.24. The number of nitrogens with zero attached hydrogens (tertiary/aromatic N) is 7. The second kappa shape index (κ2) is 8.64. The van der Waals surface area contributed by atoms with Crippen LogP contribution < -0.4 is 5.32 Å². The van der Waals surface area contributed by atoms with Gasteiger partial charge in [0.25, 0.3) is 0 Å². The van der Waals surface area contributed by atoms with E-state index in [-0.39, 0.29) is 11.7 Å². The number of tetrazole rings is 1. The van der Waals surface area contributed by atoms with Crippen LogP contribution >= 0.6 is 23.4 Å². The van der Waals surface area contributed by atoms with Crippen LogP contribution in [0.3, 0.4) is 0 Å². The number of halogens is 1. The third kappa shape index (κ3) is 4.34. The molecule has 0 saturated carbocycles. The number of nitrogens with one attached hydrogen (secondary N) is 1. The summed E-state index contributed by atoms with van der Waals surface area (Å²) in [5.74, 6) is -0.104. The van der Waals surface area contributed by atoms with Crippen molar-refractivity contribution in [2.45, 2.75) is 19.0 Å². The van der Waals surface area contributed by atoms with Crippen molar-refractivity contribution in [3.63, 3.8) is 0 Å². The van der Waals surface area contributed by atoms with Gasteiger partial charge in [0.2, 0.25) is 11.1 Å². The summed E-state index contributed by atoms with van der Waals surface area (Å²) in [7, 11) is 0. The minimum absolute atomic E-state index is 0.120. The zero-order chi connectivity index (χ0) is 21.1. The van der Waals surface area contributed by atoms with Gasteiger partial charge in [-0.1, -0.05) is 29.4 Å². The second-order valence-corrected chi connectivity index (χ2v) is 7.86. The minimum atomic E-state index is -0.224. The number of aryl methyl sites for hydroxylation is 2. The lowest BCUT2D eigenvalue weighted by molar-refractivity contribution is -0.113. The molecule has 9 nitrogen and oxygen atoms in total. The highest BCUT2D eigenvalue weighted by Gasteiger charge is 2.14. The average molecular weight is 441 g/mol. The van der Waals surface area contributed by atoms with Crippen molar-refractivity contribution in [3.8, 4) is 11.4 Å². The van der Waals surface area contributed by atoms with Gasteiger partial charge in [0, 0.05) is 5.02 Å². The Morgan fingerprint density at radius 2 is 2.03 bits per heavy atom. The summed E-state index contributed by atoms with van der Waals surface area (Å²) in [4.78, 5) is 16.5. The van der Waals surface area contributed by atoms with E-state index >= 15 is 0 Å². The lowest BCUT2D eigenvalue weighted by Crippen LogP contribution is -2.16. The summed E-state index contributed by atoms with van der Waals surface area (Å²) >= 11 is 7.34. The molecule has 0 aliphatic carbocycles. The van der Waals surface area contributed by atoms with Gasteiger partial charge in [-0.05, 0) is 65.7 Å². The van der Waals surface area contributed by atoms with Crippen LogP contribution in [0.1, 0.15) is 11.1 Å². The lowest BCUT2D eigenvalue weighted by Gasteiger charge is -2.11. The number of carbonyl (C=O) groups excluding carboxylic acids is 1. The normalized spacial score (nSPS) is 10.9. The number of hydrogen-bond donors (Lipinski definition) is 1. The van der Waals surface area contributed by atoms with Crippen molar-refractivity contribution in [1.29, 1.82) is 0 Å². The van der Waals surface area contributed by atoms with Gasteiger partial charge in [-0.3, -0.25) is 4.79 Å². The molecule has 152 valence electrons. The van der Waals surface area contributed by atoms with Crippen molar-refractivity contribution in [2.75, 3.05) is 11.1 Å². The maximum atomic E-state index is 12.6. The van der Waals surface area contributed by atoms with Crippen molar-refractivity contribution >= 4 is 35.0 Å². The van der Waals surface area contributed by atoms with Gasteiger partial charge in [0.15, 0.2) is 0 Å². The number of anilines is 1. The Bertz CT molecular complexity index is 1190. The van der Waals surface area contributed by atoms with Gasteiger partial charge in [-0.15, -0.1) is 5.10 Å². The summed E-state index contributed by atoms with van der Waals surface area (Å²) in [6.07, 6.45) is 2.97. The maximum absolute atomic E-state index is 12.6. The lowest BCUT2D eigenvalue weighted by atomic mass is 10.1. The zero-order valence-corrected chi connectivity index (χ0v) is 17.7. The Hall–Kier alpha value is -3.24. The number of aromatic nitrogens is 7. The van der Waals surface area contributed by atoms with Gasteiger partial charge in [0.05, 0.1) is 22.8 Å². The third-order valence-corrected chi connectivity index (χ3v) is 5.56. The van der Waals surface area contributed by atoms with Gasteiger partial charge in [0.1, 0.15) is 12.7 Å². The van der Waals surface area contributed by atoms with Crippen LogP contribution in [0, 0.1) is 13.8 Å². The molecule has 2 heterocycles. The fraction of sp³-hybridized carbons (Fsp3) is 0.158. The van der Waals surface area contributed by atoms with Crippen LogP contribution in [-0.2, 0) is 4.79 Å². The number of benzene rings is 2. The molecule has 0 bridgehead atoms. The molecule has 0 aliphatic rings. The van der Waals surface area contributed by atoms with E-state index in [0.29, 0.717) is 21.6 Å². The molecular weight excluding hydrogens is 424 g/mol. The molecular formula is C19H17ClN8OS. The molecule has 0 saturated heterocycles. The summed E-state index contributed by atoms with van der Waals surface area (Å²) in [5, 5.41) is 19.8. The molecule has 0 unspecified atom stereocenters. The molecule has 4 aromatic rings. The van der Waals surface area contributed by atoms with E-state index in [9.17, 15) is 4.79 Å². The number of rotatable bonds is 6. The zero-order valence-electron chi connectivity index (χ0n) is 16.2. The van der Waals surface area contributed by atoms with Gasteiger partial charge in [-0.25, -0.2) is 9.67 Å². The average Bonchev–Trinajstić information content (AvgIpc) is 3.41. The number of hydrogen-bond acceptors (Lipinski definition) is 7. The molecule has 11 heteroatoms. The topological polar surface area (TPSA) is 103 Å². The third-order valence-electron chi connectivity index (χ3n) is 4.41. The fourth-order valence-corrected chi connectivity index (χ4v) is 3.61. The van der Waals surface area contributed by atoms with Crippen molar-refractivity contribution in [2.24, 2.45) is 0 Å².